The molecule has 0 bridgehead atoms. The van der Waals surface area contributed by atoms with Crippen molar-refractivity contribution in [3.63, 3.8) is 0 Å². The average molecular weight is 298 g/mol. The maximum absolute atomic E-state index is 5.90. The molecule has 0 saturated carbocycles. The smallest absolute Gasteiger partial charge is 0.238 e. The van der Waals surface area contributed by atoms with E-state index in [1.807, 2.05) is 38.1 Å². The van der Waals surface area contributed by atoms with Crippen molar-refractivity contribution in [2.24, 2.45) is 0 Å². The maximum atomic E-state index is 5.90. The van der Waals surface area contributed by atoms with Gasteiger partial charge in [-0.3, -0.25) is 0 Å². The van der Waals surface area contributed by atoms with Crippen LogP contribution in [0.3, 0.4) is 0 Å². The summed E-state index contributed by atoms with van der Waals surface area (Å²) in [5, 5.41) is 0. The zero-order valence-electron chi connectivity index (χ0n) is 13.1. The summed E-state index contributed by atoms with van der Waals surface area (Å²) in [6.45, 7) is 7.92. The van der Waals surface area contributed by atoms with Gasteiger partial charge >= 0.3 is 0 Å². The van der Waals surface area contributed by atoms with Crippen molar-refractivity contribution in [2.75, 3.05) is 0 Å². The highest BCUT2D eigenvalue weighted by Gasteiger charge is 2.31. The molecule has 2 atom stereocenters. The fourth-order valence-corrected chi connectivity index (χ4v) is 3.10. The first kappa shape index (κ1) is 13.3. The minimum absolute atomic E-state index is 0.274. The third-order valence-electron chi connectivity index (χ3n) is 4.06. The molecule has 4 heteroatoms. The van der Waals surface area contributed by atoms with Gasteiger partial charge < -0.3 is 18.9 Å². The van der Waals surface area contributed by atoms with Gasteiger partial charge in [-0.1, -0.05) is 12.1 Å². The molecule has 4 nitrogen and oxygen atoms in total. The first-order chi connectivity index (χ1) is 10.5. The molecular formula is C18H18O4. The first-order valence-corrected chi connectivity index (χ1v) is 7.49. The number of benzene rings is 2. The van der Waals surface area contributed by atoms with Gasteiger partial charge in [0.15, 0.2) is 23.0 Å². The van der Waals surface area contributed by atoms with Gasteiger partial charge in [-0.15, -0.1) is 0 Å². The van der Waals surface area contributed by atoms with Gasteiger partial charge in [0, 0.05) is 25.0 Å². The van der Waals surface area contributed by atoms with Gasteiger partial charge in [0.25, 0.3) is 0 Å². The van der Waals surface area contributed by atoms with Crippen LogP contribution in [0.5, 0.6) is 23.0 Å². The SMILES string of the molecule is Cc1ccc2c(c1-c1c(C)ccc3c1OC(C)O3)OC(C)O2. The van der Waals surface area contributed by atoms with Crippen molar-refractivity contribution in [2.45, 2.75) is 40.3 Å². The van der Waals surface area contributed by atoms with Crippen LogP contribution in [0.2, 0.25) is 0 Å². The second kappa shape index (κ2) is 4.57. The number of ether oxygens (including phenoxy) is 4. The largest absolute Gasteiger partial charge is 0.451 e. The van der Waals surface area contributed by atoms with Gasteiger partial charge in [0.1, 0.15) is 0 Å². The first-order valence-electron chi connectivity index (χ1n) is 7.49. The summed E-state index contributed by atoms with van der Waals surface area (Å²) in [6, 6.07) is 8.01. The third kappa shape index (κ3) is 1.83. The lowest BCUT2D eigenvalue weighted by atomic mass is 9.94. The molecule has 2 aromatic carbocycles. The lowest BCUT2D eigenvalue weighted by Gasteiger charge is -2.15. The molecule has 114 valence electrons. The monoisotopic (exact) mass is 298 g/mol. The van der Waals surface area contributed by atoms with Gasteiger partial charge in [-0.05, 0) is 37.1 Å². The molecule has 0 aromatic heterocycles. The van der Waals surface area contributed by atoms with E-state index < -0.39 is 0 Å². The molecule has 2 aliphatic heterocycles. The van der Waals surface area contributed by atoms with Gasteiger partial charge in [-0.25, -0.2) is 0 Å². The van der Waals surface area contributed by atoms with Crippen molar-refractivity contribution in [3.05, 3.63) is 35.4 Å². The molecule has 2 aromatic rings. The van der Waals surface area contributed by atoms with E-state index in [0.29, 0.717) is 0 Å². The second-order valence-corrected chi connectivity index (χ2v) is 5.78. The number of fused-ring (bicyclic) bond motifs is 2. The Labute approximate surface area is 129 Å². The Morgan fingerprint density at radius 1 is 0.636 bits per heavy atom. The minimum Gasteiger partial charge on any atom is -0.451 e. The van der Waals surface area contributed by atoms with Crippen molar-refractivity contribution >= 4 is 0 Å². The highest BCUT2D eigenvalue weighted by molar-refractivity contribution is 5.85. The van der Waals surface area contributed by atoms with Crippen molar-refractivity contribution < 1.29 is 18.9 Å². The van der Waals surface area contributed by atoms with Gasteiger partial charge in [0.05, 0.1) is 0 Å². The summed E-state index contributed by atoms with van der Waals surface area (Å²) in [7, 11) is 0. The fraction of sp³-hybridized carbons (Fsp3) is 0.333. The predicted molar refractivity (Wildman–Crippen MR) is 82.8 cm³/mol. The van der Waals surface area contributed by atoms with Crippen LogP contribution >= 0.6 is 0 Å². The molecule has 0 spiro atoms. The zero-order chi connectivity index (χ0) is 15.4. The van der Waals surface area contributed by atoms with Gasteiger partial charge in [-0.2, -0.15) is 0 Å². The van der Waals surface area contributed by atoms with Crippen LogP contribution in [0.1, 0.15) is 25.0 Å². The second-order valence-electron chi connectivity index (χ2n) is 5.78. The normalized spacial score (nSPS) is 21.3. The van der Waals surface area contributed by atoms with Gasteiger partial charge in [0.2, 0.25) is 12.6 Å². The van der Waals surface area contributed by atoms with E-state index in [9.17, 15) is 0 Å². The summed E-state index contributed by atoms with van der Waals surface area (Å²) in [5.74, 6) is 3.12. The quantitative estimate of drug-likeness (QED) is 0.790. The lowest BCUT2D eigenvalue weighted by molar-refractivity contribution is 0.0668. The third-order valence-corrected chi connectivity index (χ3v) is 4.06. The zero-order valence-corrected chi connectivity index (χ0v) is 13.1. The minimum atomic E-state index is -0.274. The van der Waals surface area contributed by atoms with Crippen LogP contribution in [-0.4, -0.2) is 12.6 Å². The van der Waals surface area contributed by atoms with E-state index in [-0.39, 0.29) is 12.6 Å². The van der Waals surface area contributed by atoms with Crippen LogP contribution in [0.25, 0.3) is 11.1 Å². The van der Waals surface area contributed by atoms with Crippen molar-refractivity contribution in [1.82, 2.24) is 0 Å². The van der Waals surface area contributed by atoms with Crippen LogP contribution in [0, 0.1) is 13.8 Å². The van der Waals surface area contributed by atoms with E-state index in [2.05, 4.69) is 13.8 Å². The maximum Gasteiger partial charge on any atom is 0.238 e. The summed E-state index contributed by atoms with van der Waals surface area (Å²) in [6.07, 6.45) is -0.549. The lowest BCUT2D eigenvalue weighted by Crippen LogP contribution is -2.12. The van der Waals surface area contributed by atoms with Crippen LogP contribution in [-0.2, 0) is 0 Å². The Morgan fingerprint density at radius 3 is 1.45 bits per heavy atom. The molecule has 2 unspecified atom stereocenters. The molecule has 22 heavy (non-hydrogen) atoms. The molecular weight excluding hydrogens is 280 g/mol. The summed E-state index contributed by atoms with van der Waals surface area (Å²) in [4.78, 5) is 0. The predicted octanol–water partition coefficient (Wildman–Crippen LogP) is 4.20. The summed E-state index contributed by atoms with van der Waals surface area (Å²) in [5.41, 5.74) is 4.29. The standard InChI is InChI=1S/C18H18O4/c1-9-5-7-13-17(21-11(3)19-13)15(9)16-10(2)6-8-14-18(16)22-12(4)20-14/h5-8,11-12H,1-4H3. The average Bonchev–Trinajstić information content (AvgIpc) is 3.01. The van der Waals surface area contributed by atoms with E-state index in [4.69, 9.17) is 18.9 Å². The number of hydrogen-bond acceptors (Lipinski definition) is 4. The molecule has 0 aliphatic carbocycles. The Kier molecular flexibility index (Phi) is 2.76. The van der Waals surface area contributed by atoms with E-state index in [1.165, 1.54) is 0 Å². The summed E-state index contributed by atoms with van der Waals surface area (Å²) >= 11 is 0. The Balaban J connectivity index is 1.99. The highest BCUT2D eigenvalue weighted by atomic mass is 16.7. The molecule has 0 amide bonds. The van der Waals surface area contributed by atoms with E-state index >= 15 is 0 Å². The Bertz CT molecular complexity index is 701. The van der Waals surface area contributed by atoms with Crippen LogP contribution in [0.4, 0.5) is 0 Å². The van der Waals surface area contributed by atoms with E-state index in [0.717, 1.165) is 45.3 Å². The van der Waals surface area contributed by atoms with E-state index in [1.54, 1.807) is 0 Å². The van der Waals surface area contributed by atoms with Crippen molar-refractivity contribution in [3.8, 4) is 34.1 Å². The number of aryl methyl sites for hydroxylation is 2. The molecule has 0 saturated heterocycles. The summed E-state index contributed by atoms with van der Waals surface area (Å²) < 4.78 is 23.2. The highest BCUT2D eigenvalue weighted by Crippen LogP contribution is 2.52. The van der Waals surface area contributed by atoms with Crippen LogP contribution in [0.15, 0.2) is 24.3 Å². The molecule has 4 rings (SSSR count). The Hall–Kier alpha value is -2.36. The number of hydrogen-bond donors (Lipinski definition) is 0. The molecule has 0 N–H and O–H groups in total. The number of rotatable bonds is 1. The molecule has 2 aliphatic rings. The molecule has 0 radical (unpaired) electrons. The molecule has 0 fully saturated rings. The van der Waals surface area contributed by atoms with Crippen LogP contribution < -0.4 is 18.9 Å². The Morgan fingerprint density at radius 2 is 1.05 bits per heavy atom. The molecule has 2 heterocycles. The topological polar surface area (TPSA) is 36.9 Å². The fourth-order valence-electron chi connectivity index (χ4n) is 3.10. The van der Waals surface area contributed by atoms with Crippen molar-refractivity contribution in [1.29, 1.82) is 0 Å².